The number of fused-ring (bicyclic) bond motifs is 1. The summed E-state index contributed by atoms with van der Waals surface area (Å²) in [6, 6.07) is 27.8. The fourth-order valence-corrected chi connectivity index (χ4v) is 4.89. The zero-order valence-corrected chi connectivity index (χ0v) is 20.3. The van der Waals surface area contributed by atoms with E-state index < -0.39 is 11.7 Å². The van der Waals surface area contributed by atoms with Crippen LogP contribution in [0.15, 0.2) is 102 Å². The van der Waals surface area contributed by atoms with Crippen LogP contribution in [0.5, 0.6) is 0 Å². The van der Waals surface area contributed by atoms with E-state index in [4.69, 9.17) is 0 Å². The molecule has 1 aromatic heterocycles. The summed E-state index contributed by atoms with van der Waals surface area (Å²) in [4.78, 5) is 13.0. The second kappa shape index (κ2) is 10.5. The molecule has 0 atom stereocenters. The van der Waals surface area contributed by atoms with Crippen molar-refractivity contribution in [3.8, 4) is 5.69 Å². The van der Waals surface area contributed by atoms with Crippen molar-refractivity contribution >= 4 is 28.4 Å². The first-order chi connectivity index (χ1) is 17.9. The highest BCUT2D eigenvalue weighted by atomic mass is 32.2. The van der Waals surface area contributed by atoms with Crippen LogP contribution < -0.4 is 5.32 Å². The second-order valence-corrected chi connectivity index (χ2v) is 9.21. The molecule has 0 fully saturated rings. The maximum absolute atomic E-state index is 13.0. The molecule has 0 saturated carbocycles. The largest absolute Gasteiger partial charge is 0.416 e. The summed E-state index contributed by atoms with van der Waals surface area (Å²) >= 11 is 1.36. The average molecular weight is 519 g/mol. The van der Waals surface area contributed by atoms with Gasteiger partial charge in [0.05, 0.1) is 12.1 Å². The smallest absolute Gasteiger partial charge is 0.345 e. The highest BCUT2D eigenvalue weighted by Gasteiger charge is 2.30. The predicted octanol–water partition coefficient (Wildman–Crippen LogP) is 6.66. The molecule has 5 rings (SSSR count). The molecule has 0 aliphatic carbocycles. The van der Waals surface area contributed by atoms with Crippen LogP contribution in [-0.2, 0) is 18.5 Å². The zero-order chi connectivity index (χ0) is 25.8. The van der Waals surface area contributed by atoms with Gasteiger partial charge in [-0.15, -0.1) is 10.2 Å². The summed E-state index contributed by atoms with van der Waals surface area (Å²) in [5.74, 6) is 0.721. The average Bonchev–Trinajstić information content (AvgIpc) is 3.33. The van der Waals surface area contributed by atoms with E-state index in [0.717, 1.165) is 34.2 Å². The monoisotopic (exact) mass is 518 g/mol. The third-order valence-electron chi connectivity index (χ3n) is 5.81. The van der Waals surface area contributed by atoms with Gasteiger partial charge in [0.25, 0.3) is 5.91 Å². The van der Waals surface area contributed by atoms with Crippen LogP contribution >= 0.6 is 11.8 Å². The SMILES string of the molecule is O=C(NCc1nnc(SCc2ccc(C(F)(F)F)cc2)n1-c1ccccc1)c1cccc2ccccc12. The van der Waals surface area contributed by atoms with Crippen molar-refractivity contribution in [1.82, 2.24) is 20.1 Å². The van der Waals surface area contributed by atoms with Crippen molar-refractivity contribution in [1.29, 1.82) is 0 Å². The molecule has 9 heteroatoms. The Bertz CT molecular complexity index is 1530. The Balaban J connectivity index is 1.36. The summed E-state index contributed by atoms with van der Waals surface area (Å²) in [7, 11) is 0. The van der Waals surface area contributed by atoms with E-state index in [2.05, 4.69) is 15.5 Å². The maximum atomic E-state index is 13.0. The van der Waals surface area contributed by atoms with Gasteiger partial charge in [-0.05, 0) is 46.7 Å². The number of hydrogen-bond donors (Lipinski definition) is 1. The van der Waals surface area contributed by atoms with Gasteiger partial charge in [-0.3, -0.25) is 9.36 Å². The van der Waals surface area contributed by atoms with Crippen LogP contribution in [0.4, 0.5) is 13.2 Å². The van der Waals surface area contributed by atoms with Crippen LogP contribution in [0.2, 0.25) is 0 Å². The van der Waals surface area contributed by atoms with Crippen LogP contribution in [0.1, 0.15) is 27.3 Å². The first-order valence-electron chi connectivity index (χ1n) is 11.4. The summed E-state index contributed by atoms with van der Waals surface area (Å²) in [5, 5.41) is 14.0. The maximum Gasteiger partial charge on any atom is 0.416 e. The van der Waals surface area contributed by atoms with Gasteiger partial charge in [-0.2, -0.15) is 13.2 Å². The van der Waals surface area contributed by atoms with Gasteiger partial charge in [0.2, 0.25) is 0 Å². The molecule has 37 heavy (non-hydrogen) atoms. The molecule has 186 valence electrons. The number of nitrogens with zero attached hydrogens (tertiary/aromatic N) is 3. The minimum absolute atomic E-state index is 0.144. The molecule has 5 aromatic rings. The third-order valence-corrected chi connectivity index (χ3v) is 6.81. The summed E-state index contributed by atoms with van der Waals surface area (Å²) in [6.07, 6.45) is -4.37. The number of benzene rings is 4. The molecule has 0 radical (unpaired) electrons. The molecule has 1 heterocycles. The molecule has 1 N–H and O–H groups in total. The van der Waals surface area contributed by atoms with Gasteiger partial charge in [0.1, 0.15) is 0 Å². The van der Waals surface area contributed by atoms with Crippen molar-refractivity contribution in [2.45, 2.75) is 23.6 Å². The number of thioether (sulfide) groups is 1. The predicted molar refractivity (Wildman–Crippen MR) is 137 cm³/mol. The van der Waals surface area contributed by atoms with Crippen molar-refractivity contribution < 1.29 is 18.0 Å². The van der Waals surface area contributed by atoms with Crippen LogP contribution in [-0.4, -0.2) is 20.7 Å². The van der Waals surface area contributed by atoms with Crippen LogP contribution in [0, 0.1) is 0 Å². The lowest BCUT2D eigenvalue weighted by Gasteiger charge is -2.12. The standard InChI is InChI=1S/C28H21F3N4OS/c29-28(30,31)21-15-13-19(14-16-21)18-37-27-34-33-25(35(27)22-9-2-1-3-10-22)17-32-26(36)24-12-6-8-20-7-4-5-11-23(20)24/h1-16H,17-18H2,(H,32,36). The van der Waals surface area contributed by atoms with Gasteiger partial charge in [0.15, 0.2) is 11.0 Å². The molecular weight excluding hydrogens is 497 g/mol. The van der Waals surface area contributed by atoms with Crippen LogP contribution in [0.25, 0.3) is 16.5 Å². The summed E-state index contributed by atoms with van der Waals surface area (Å²) < 4.78 is 40.5. The van der Waals surface area contributed by atoms with E-state index in [1.54, 1.807) is 6.07 Å². The number of alkyl halides is 3. The minimum Gasteiger partial charge on any atom is -0.345 e. The molecular formula is C28H21F3N4OS. The van der Waals surface area contributed by atoms with E-state index in [1.165, 1.54) is 23.9 Å². The van der Waals surface area contributed by atoms with Gasteiger partial charge < -0.3 is 5.32 Å². The highest BCUT2D eigenvalue weighted by Crippen LogP contribution is 2.31. The Hall–Kier alpha value is -4.11. The van der Waals surface area contributed by atoms with E-state index >= 15 is 0 Å². The van der Waals surface area contributed by atoms with Gasteiger partial charge in [-0.25, -0.2) is 0 Å². The van der Waals surface area contributed by atoms with Crippen molar-refractivity contribution in [3.05, 3.63) is 120 Å². The second-order valence-electron chi connectivity index (χ2n) is 8.26. The van der Waals surface area contributed by atoms with Crippen molar-refractivity contribution in [3.63, 3.8) is 0 Å². The Labute approximate surface area is 215 Å². The first-order valence-corrected chi connectivity index (χ1v) is 12.4. The summed E-state index contributed by atoms with van der Waals surface area (Å²) in [5.41, 5.74) is 1.43. The number of halogens is 3. The lowest BCUT2D eigenvalue weighted by molar-refractivity contribution is -0.137. The van der Waals surface area contributed by atoms with Crippen molar-refractivity contribution in [2.24, 2.45) is 0 Å². The molecule has 0 spiro atoms. The molecule has 0 aliphatic heterocycles. The quantitative estimate of drug-likeness (QED) is 0.245. The highest BCUT2D eigenvalue weighted by molar-refractivity contribution is 7.98. The molecule has 1 amide bonds. The lowest BCUT2D eigenvalue weighted by atomic mass is 10.0. The van der Waals surface area contributed by atoms with Crippen molar-refractivity contribution in [2.75, 3.05) is 0 Å². The lowest BCUT2D eigenvalue weighted by Crippen LogP contribution is -2.25. The zero-order valence-electron chi connectivity index (χ0n) is 19.4. The number of hydrogen-bond acceptors (Lipinski definition) is 4. The number of nitrogens with one attached hydrogen (secondary N) is 1. The van der Waals surface area contributed by atoms with Gasteiger partial charge in [0, 0.05) is 17.0 Å². The van der Waals surface area contributed by atoms with E-state index in [0.29, 0.717) is 22.3 Å². The topological polar surface area (TPSA) is 59.8 Å². The Morgan fingerprint density at radius 2 is 1.54 bits per heavy atom. The number of carbonyl (C=O) groups is 1. The molecule has 4 aromatic carbocycles. The normalized spacial score (nSPS) is 11.5. The molecule has 5 nitrogen and oxygen atoms in total. The Morgan fingerprint density at radius 3 is 2.30 bits per heavy atom. The fraction of sp³-hybridized carbons (Fsp3) is 0.107. The van der Waals surface area contributed by atoms with Crippen LogP contribution in [0.3, 0.4) is 0 Å². The number of aromatic nitrogens is 3. The van der Waals surface area contributed by atoms with E-state index in [9.17, 15) is 18.0 Å². The van der Waals surface area contributed by atoms with Gasteiger partial charge in [-0.1, -0.05) is 78.5 Å². The summed E-state index contributed by atoms with van der Waals surface area (Å²) in [6.45, 7) is 0.144. The fourth-order valence-electron chi connectivity index (χ4n) is 3.96. The number of carbonyl (C=O) groups excluding carboxylic acids is 1. The third kappa shape index (κ3) is 5.51. The number of para-hydroxylation sites is 1. The van der Waals surface area contributed by atoms with E-state index in [-0.39, 0.29) is 12.5 Å². The first kappa shape index (κ1) is 24.6. The molecule has 0 unspecified atom stereocenters. The minimum atomic E-state index is -4.37. The Kier molecular flexibility index (Phi) is 6.96. The molecule has 0 aliphatic rings. The Morgan fingerprint density at radius 1 is 0.838 bits per heavy atom. The van der Waals surface area contributed by atoms with E-state index in [1.807, 2.05) is 71.3 Å². The van der Waals surface area contributed by atoms with Gasteiger partial charge >= 0.3 is 6.18 Å². The number of rotatable bonds is 7. The molecule has 0 saturated heterocycles. The number of amides is 1. The molecule has 0 bridgehead atoms.